The molecule has 0 saturated carbocycles. The van der Waals surface area contributed by atoms with E-state index in [2.05, 4.69) is 10.3 Å². The number of pyridine rings is 1. The Bertz CT molecular complexity index is 779. The van der Waals surface area contributed by atoms with Crippen molar-refractivity contribution >= 4 is 51.4 Å². The van der Waals surface area contributed by atoms with Gasteiger partial charge in [-0.2, -0.15) is 0 Å². The normalized spacial score (nSPS) is 10.8. The molecule has 0 unspecified atom stereocenters. The highest BCUT2D eigenvalue weighted by molar-refractivity contribution is 6.41. The van der Waals surface area contributed by atoms with Crippen LogP contribution in [0.2, 0.25) is 15.1 Å². The lowest BCUT2D eigenvalue weighted by Crippen LogP contribution is -2.02. The molecule has 0 spiro atoms. The summed E-state index contributed by atoms with van der Waals surface area (Å²) in [5.41, 5.74) is 2.54. The molecule has 3 aromatic rings. The van der Waals surface area contributed by atoms with Crippen LogP contribution in [0.5, 0.6) is 0 Å². The van der Waals surface area contributed by atoms with Crippen LogP contribution < -0.4 is 5.32 Å². The zero-order valence-electron chi connectivity index (χ0n) is 10.9. The van der Waals surface area contributed by atoms with Crippen molar-refractivity contribution in [2.45, 2.75) is 6.54 Å². The molecular weight excluding hydrogens is 327 g/mol. The van der Waals surface area contributed by atoms with Gasteiger partial charge in [-0.15, -0.1) is 0 Å². The quantitative estimate of drug-likeness (QED) is 0.652. The molecule has 3 rings (SSSR count). The van der Waals surface area contributed by atoms with E-state index in [-0.39, 0.29) is 0 Å². The molecule has 0 aliphatic heterocycles. The fourth-order valence-corrected chi connectivity index (χ4v) is 3.05. The topological polar surface area (TPSA) is 24.9 Å². The Labute approximate surface area is 137 Å². The zero-order chi connectivity index (χ0) is 14.8. The Morgan fingerprint density at radius 3 is 2.38 bits per heavy atom. The third-order valence-electron chi connectivity index (χ3n) is 3.11. The maximum Gasteiger partial charge on any atom is 0.0723 e. The number of para-hydroxylation sites is 1. The Kier molecular flexibility index (Phi) is 4.20. The van der Waals surface area contributed by atoms with Gasteiger partial charge < -0.3 is 5.32 Å². The van der Waals surface area contributed by atoms with E-state index in [4.69, 9.17) is 34.8 Å². The van der Waals surface area contributed by atoms with E-state index in [1.165, 1.54) is 0 Å². The fourth-order valence-electron chi connectivity index (χ4n) is 2.10. The molecule has 106 valence electrons. The molecule has 0 saturated heterocycles. The van der Waals surface area contributed by atoms with Crippen LogP contribution in [0, 0.1) is 0 Å². The Hall–Kier alpha value is -1.48. The summed E-state index contributed by atoms with van der Waals surface area (Å²) in [5.74, 6) is 0. The summed E-state index contributed by atoms with van der Waals surface area (Å²) in [5, 5.41) is 5.82. The van der Waals surface area contributed by atoms with Gasteiger partial charge in [0.25, 0.3) is 0 Å². The van der Waals surface area contributed by atoms with Gasteiger partial charge in [-0.3, -0.25) is 4.98 Å². The number of nitrogens with zero attached hydrogens (tertiary/aromatic N) is 1. The van der Waals surface area contributed by atoms with Crippen molar-refractivity contribution in [2.24, 2.45) is 0 Å². The monoisotopic (exact) mass is 336 g/mol. The lowest BCUT2D eigenvalue weighted by Gasteiger charge is -2.11. The Morgan fingerprint density at radius 2 is 1.62 bits per heavy atom. The van der Waals surface area contributed by atoms with Gasteiger partial charge in [-0.1, -0.05) is 59.1 Å². The van der Waals surface area contributed by atoms with Gasteiger partial charge in [0.1, 0.15) is 0 Å². The predicted octanol–water partition coefficient (Wildman–Crippen LogP) is 5.81. The minimum absolute atomic E-state index is 0.494. The van der Waals surface area contributed by atoms with Crippen molar-refractivity contribution in [3.05, 3.63) is 69.3 Å². The molecule has 0 aliphatic rings. The smallest absolute Gasteiger partial charge is 0.0723 e. The first-order chi connectivity index (χ1) is 10.1. The van der Waals surface area contributed by atoms with Crippen molar-refractivity contribution in [2.75, 3.05) is 5.32 Å². The van der Waals surface area contributed by atoms with E-state index in [1.54, 1.807) is 12.1 Å². The van der Waals surface area contributed by atoms with Gasteiger partial charge >= 0.3 is 0 Å². The molecule has 0 bridgehead atoms. The standard InChI is InChI=1S/C16H11Cl3N2/c17-11-7-13(18)16(14(19)8-11)20-9-12-6-5-10-3-1-2-4-15(10)21-12/h1-8,20H,9H2. The third kappa shape index (κ3) is 3.24. The average Bonchev–Trinajstić information content (AvgIpc) is 2.46. The zero-order valence-corrected chi connectivity index (χ0v) is 13.2. The molecule has 5 heteroatoms. The molecule has 2 aromatic carbocycles. The van der Waals surface area contributed by atoms with E-state index in [0.717, 1.165) is 16.6 Å². The summed E-state index contributed by atoms with van der Waals surface area (Å²) in [6.45, 7) is 0.534. The number of aromatic nitrogens is 1. The molecule has 2 nitrogen and oxygen atoms in total. The maximum absolute atomic E-state index is 6.14. The molecule has 1 heterocycles. The first-order valence-corrected chi connectivity index (χ1v) is 7.50. The van der Waals surface area contributed by atoms with E-state index >= 15 is 0 Å². The number of hydrogen-bond donors (Lipinski definition) is 1. The minimum Gasteiger partial charge on any atom is -0.377 e. The summed E-state index contributed by atoms with van der Waals surface area (Å²) < 4.78 is 0. The van der Waals surface area contributed by atoms with E-state index in [0.29, 0.717) is 27.3 Å². The van der Waals surface area contributed by atoms with Crippen LogP contribution >= 0.6 is 34.8 Å². The lowest BCUT2D eigenvalue weighted by atomic mass is 10.2. The predicted molar refractivity (Wildman–Crippen MR) is 90.5 cm³/mol. The average molecular weight is 338 g/mol. The van der Waals surface area contributed by atoms with Crippen molar-refractivity contribution in [1.29, 1.82) is 0 Å². The summed E-state index contributed by atoms with van der Waals surface area (Å²) >= 11 is 18.2. The molecular formula is C16H11Cl3N2. The molecule has 0 atom stereocenters. The van der Waals surface area contributed by atoms with Crippen LogP contribution in [0.4, 0.5) is 5.69 Å². The lowest BCUT2D eigenvalue weighted by molar-refractivity contribution is 1.07. The largest absolute Gasteiger partial charge is 0.377 e. The Morgan fingerprint density at radius 1 is 0.905 bits per heavy atom. The van der Waals surface area contributed by atoms with Crippen LogP contribution in [-0.4, -0.2) is 4.98 Å². The highest BCUT2D eigenvalue weighted by atomic mass is 35.5. The van der Waals surface area contributed by atoms with Crippen LogP contribution in [0.15, 0.2) is 48.5 Å². The van der Waals surface area contributed by atoms with Crippen molar-refractivity contribution in [3.63, 3.8) is 0 Å². The molecule has 1 N–H and O–H groups in total. The van der Waals surface area contributed by atoms with Crippen molar-refractivity contribution in [3.8, 4) is 0 Å². The highest BCUT2D eigenvalue weighted by Gasteiger charge is 2.08. The summed E-state index contributed by atoms with van der Waals surface area (Å²) in [4.78, 5) is 4.59. The molecule has 0 fully saturated rings. The second-order valence-electron chi connectivity index (χ2n) is 4.59. The van der Waals surface area contributed by atoms with Crippen LogP contribution in [-0.2, 0) is 6.54 Å². The van der Waals surface area contributed by atoms with Crippen molar-refractivity contribution < 1.29 is 0 Å². The molecule has 21 heavy (non-hydrogen) atoms. The summed E-state index contributed by atoms with van der Waals surface area (Å²) in [6.07, 6.45) is 0. The number of hydrogen-bond acceptors (Lipinski definition) is 2. The van der Waals surface area contributed by atoms with Crippen molar-refractivity contribution in [1.82, 2.24) is 4.98 Å². The number of anilines is 1. The van der Waals surface area contributed by atoms with E-state index in [1.807, 2.05) is 36.4 Å². The fraction of sp³-hybridized carbons (Fsp3) is 0.0625. The number of nitrogens with one attached hydrogen (secondary N) is 1. The number of rotatable bonds is 3. The van der Waals surface area contributed by atoms with Gasteiger partial charge in [0.15, 0.2) is 0 Å². The summed E-state index contributed by atoms with van der Waals surface area (Å²) in [7, 11) is 0. The highest BCUT2D eigenvalue weighted by Crippen LogP contribution is 2.33. The number of fused-ring (bicyclic) bond motifs is 1. The molecule has 0 amide bonds. The van der Waals surface area contributed by atoms with Crippen LogP contribution in [0.3, 0.4) is 0 Å². The van der Waals surface area contributed by atoms with Crippen LogP contribution in [0.1, 0.15) is 5.69 Å². The van der Waals surface area contributed by atoms with Gasteiger partial charge in [0.05, 0.1) is 33.5 Å². The maximum atomic E-state index is 6.14. The second kappa shape index (κ2) is 6.10. The Balaban J connectivity index is 1.83. The summed E-state index contributed by atoms with van der Waals surface area (Å²) in [6, 6.07) is 15.3. The van der Waals surface area contributed by atoms with Gasteiger partial charge in [-0.25, -0.2) is 0 Å². The second-order valence-corrected chi connectivity index (χ2v) is 5.84. The van der Waals surface area contributed by atoms with Gasteiger partial charge in [0.2, 0.25) is 0 Å². The SMILES string of the molecule is Clc1cc(Cl)c(NCc2ccc3ccccc3n2)c(Cl)c1. The molecule has 0 radical (unpaired) electrons. The number of benzene rings is 2. The van der Waals surface area contributed by atoms with E-state index in [9.17, 15) is 0 Å². The van der Waals surface area contributed by atoms with Gasteiger partial charge in [-0.05, 0) is 24.3 Å². The van der Waals surface area contributed by atoms with E-state index < -0.39 is 0 Å². The van der Waals surface area contributed by atoms with Gasteiger partial charge in [0, 0.05) is 10.4 Å². The van der Waals surface area contributed by atoms with Crippen LogP contribution in [0.25, 0.3) is 10.9 Å². The first-order valence-electron chi connectivity index (χ1n) is 6.36. The first kappa shape index (κ1) is 14.5. The molecule has 0 aliphatic carbocycles. The molecule has 1 aromatic heterocycles. The minimum atomic E-state index is 0.494. The third-order valence-corrected chi connectivity index (χ3v) is 3.92. The number of halogens is 3.